The second-order valence-electron chi connectivity index (χ2n) is 5.01. The van der Waals surface area contributed by atoms with Crippen LogP contribution in [0.1, 0.15) is 48.0 Å². The molecule has 0 bridgehead atoms. The molecule has 2 aromatic rings. The van der Waals surface area contributed by atoms with Crippen LogP contribution >= 0.6 is 0 Å². The highest BCUT2D eigenvalue weighted by atomic mass is 16.5. The lowest BCUT2D eigenvalue weighted by Crippen LogP contribution is -2.21. The minimum atomic E-state index is -0.402. The van der Waals surface area contributed by atoms with E-state index >= 15 is 0 Å². The summed E-state index contributed by atoms with van der Waals surface area (Å²) in [4.78, 5) is 24.2. The normalized spacial score (nSPS) is 15.3. The van der Waals surface area contributed by atoms with E-state index in [2.05, 4.69) is 25.4 Å². The largest absolute Gasteiger partial charge is 0.382 e. The van der Waals surface area contributed by atoms with E-state index in [1.54, 1.807) is 0 Å². The lowest BCUT2D eigenvalue weighted by molar-refractivity contribution is 0.0959. The minimum Gasteiger partial charge on any atom is -0.382 e. The molecule has 2 heterocycles. The van der Waals surface area contributed by atoms with E-state index in [0.29, 0.717) is 23.3 Å². The summed E-state index contributed by atoms with van der Waals surface area (Å²) >= 11 is 0. The summed E-state index contributed by atoms with van der Waals surface area (Å²) in [6.07, 6.45) is 5.94. The van der Waals surface area contributed by atoms with Gasteiger partial charge in [0.15, 0.2) is 11.5 Å². The molecule has 2 aromatic heterocycles. The van der Waals surface area contributed by atoms with Gasteiger partial charge in [-0.15, -0.1) is 0 Å². The van der Waals surface area contributed by atoms with Crippen LogP contribution in [0.5, 0.6) is 0 Å². The van der Waals surface area contributed by atoms with Crippen LogP contribution in [-0.2, 0) is 0 Å². The van der Waals surface area contributed by atoms with Crippen LogP contribution in [0.4, 0.5) is 5.82 Å². The lowest BCUT2D eigenvalue weighted by Gasteiger charge is -2.03. The zero-order valence-corrected chi connectivity index (χ0v) is 11.7. The number of carbonyl (C=O) groups excluding carboxylic acids is 1. The van der Waals surface area contributed by atoms with Crippen LogP contribution in [0.25, 0.3) is 11.5 Å². The predicted molar refractivity (Wildman–Crippen MR) is 74.3 cm³/mol. The smallest absolute Gasteiger partial charge is 0.273 e. The van der Waals surface area contributed by atoms with Gasteiger partial charge in [-0.3, -0.25) is 4.79 Å². The summed E-state index contributed by atoms with van der Waals surface area (Å²) < 4.78 is 5.30. The maximum atomic E-state index is 11.7. The molecule has 0 saturated heterocycles. The number of nitrogens with one attached hydrogen (secondary N) is 1. The number of nitrogen functional groups attached to an aromatic ring is 1. The lowest BCUT2D eigenvalue weighted by atomic mass is 10.1. The molecule has 8 nitrogen and oxygen atoms in total. The van der Waals surface area contributed by atoms with Crippen molar-refractivity contribution in [3.8, 4) is 11.5 Å². The van der Waals surface area contributed by atoms with Crippen LogP contribution in [0.15, 0.2) is 10.7 Å². The van der Waals surface area contributed by atoms with Crippen molar-refractivity contribution in [1.29, 1.82) is 0 Å². The van der Waals surface area contributed by atoms with Gasteiger partial charge in [0.25, 0.3) is 5.91 Å². The molecule has 0 spiro atoms. The van der Waals surface area contributed by atoms with Crippen molar-refractivity contribution in [1.82, 2.24) is 25.4 Å². The summed E-state index contributed by atoms with van der Waals surface area (Å²) in [6.45, 7) is 0. The molecule has 0 radical (unpaired) electrons. The summed E-state index contributed by atoms with van der Waals surface area (Å²) in [5.74, 6) is 0.947. The zero-order chi connectivity index (χ0) is 14.8. The molecule has 0 unspecified atom stereocenters. The molecule has 1 fully saturated rings. The van der Waals surface area contributed by atoms with Crippen molar-refractivity contribution in [2.75, 3.05) is 12.8 Å². The van der Waals surface area contributed by atoms with Crippen molar-refractivity contribution in [2.45, 2.75) is 31.6 Å². The van der Waals surface area contributed by atoms with E-state index in [1.165, 1.54) is 26.1 Å². The van der Waals surface area contributed by atoms with Crippen molar-refractivity contribution in [3.05, 3.63) is 17.8 Å². The molecule has 1 aliphatic carbocycles. The Morgan fingerprint density at radius 1 is 1.38 bits per heavy atom. The third-order valence-electron chi connectivity index (χ3n) is 3.62. The van der Waals surface area contributed by atoms with Gasteiger partial charge in [0.1, 0.15) is 5.69 Å². The van der Waals surface area contributed by atoms with E-state index in [1.807, 2.05) is 0 Å². The van der Waals surface area contributed by atoms with Crippen molar-refractivity contribution in [2.24, 2.45) is 0 Å². The number of nitrogens with two attached hydrogens (primary N) is 1. The topological polar surface area (TPSA) is 120 Å². The van der Waals surface area contributed by atoms with Gasteiger partial charge in [0, 0.05) is 13.0 Å². The number of hydrogen-bond acceptors (Lipinski definition) is 7. The molecular weight excluding hydrogens is 272 g/mol. The van der Waals surface area contributed by atoms with Crippen molar-refractivity contribution >= 4 is 11.7 Å². The Labute approximate surface area is 121 Å². The first-order valence-corrected chi connectivity index (χ1v) is 6.87. The first-order chi connectivity index (χ1) is 10.2. The number of amides is 1. The van der Waals surface area contributed by atoms with Crippen LogP contribution in [-0.4, -0.2) is 33.1 Å². The second kappa shape index (κ2) is 5.47. The third-order valence-corrected chi connectivity index (χ3v) is 3.62. The molecule has 0 aromatic carbocycles. The summed E-state index contributed by atoms with van der Waals surface area (Å²) in [7, 11) is 1.50. The number of nitrogens with zero attached hydrogens (tertiary/aromatic N) is 4. The Morgan fingerprint density at radius 2 is 2.14 bits per heavy atom. The fourth-order valence-corrected chi connectivity index (χ4v) is 2.47. The van der Waals surface area contributed by atoms with E-state index in [-0.39, 0.29) is 11.5 Å². The highest BCUT2D eigenvalue weighted by Crippen LogP contribution is 2.33. The first kappa shape index (κ1) is 13.5. The number of rotatable bonds is 3. The Morgan fingerprint density at radius 3 is 2.86 bits per heavy atom. The Bertz CT molecular complexity index is 662. The number of aromatic nitrogens is 4. The van der Waals surface area contributed by atoms with Crippen LogP contribution in [0, 0.1) is 0 Å². The molecular formula is C13H16N6O2. The average molecular weight is 288 g/mol. The van der Waals surface area contributed by atoms with E-state index in [9.17, 15) is 4.79 Å². The first-order valence-electron chi connectivity index (χ1n) is 6.87. The van der Waals surface area contributed by atoms with E-state index in [4.69, 9.17) is 10.3 Å². The number of carbonyl (C=O) groups is 1. The molecule has 3 N–H and O–H groups in total. The number of hydrogen-bond donors (Lipinski definition) is 2. The van der Waals surface area contributed by atoms with Gasteiger partial charge in [-0.05, 0) is 12.8 Å². The van der Waals surface area contributed by atoms with Gasteiger partial charge in [-0.25, -0.2) is 9.97 Å². The minimum absolute atomic E-state index is 0.0576. The zero-order valence-electron chi connectivity index (χ0n) is 11.7. The van der Waals surface area contributed by atoms with E-state index < -0.39 is 5.91 Å². The van der Waals surface area contributed by atoms with Crippen LogP contribution in [0.3, 0.4) is 0 Å². The van der Waals surface area contributed by atoms with Gasteiger partial charge in [0.05, 0.1) is 6.20 Å². The molecule has 0 atom stereocenters. The quantitative estimate of drug-likeness (QED) is 0.868. The molecule has 110 valence electrons. The summed E-state index contributed by atoms with van der Waals surface area (Å²) in [5.41, 5.74) is 6.08. The molecule has 1 amide bonds. The Kier molecular flexibility index (Phi) is 3.51. The molecule has 3 rings (SSSR count). The van der Waals surface area contributed by atoms with Gasteiger partial charge < -0.3 is 15.6 Å². The monoisotopic (exact) mass is 288 g/mol. The van der Waals surface area contributed by atoms with Crippen molar-refractivity contribution in [3.63, 3.8) is 0 Å². The highest BCUT2D eigenvalue weighted by Gasteiger charge is 2.24. The fourth-order valence-electron chi connectivity index (χ4n) is 2.47. The second-order valence-corrected chi connectivity index (χ2v) is 5.01. The molecule has 1 aliphatic rings. The highest BCUT2D eigenvalue weighted by molar-refractivity contribution is 5.96. The van der Waals surface area contributed by atoms with Gasteiger partial charge in [-0.1, -0.05) is 18.0 Å². The molecule has 0 aliphatic heterocycles. The molecule has 21 heavy (non-hydrogen) atoms. The van der Waals surface area contributed by atoms with Gasteiger partial charge >= 0.3 is 0 Å². The third kappa shape index (κ3) is 2.56. The van der Waals surface area contributed by atoms with Crippen LogP contribution < -0.4 is 11.1 Å². The van der Waals surface area contributed by atoms with Crippen LogP contribution in [0.2, 0.25) is 0 Å². The standard InChI is InChI=1S/C13H16N6O2/c1-15-12(20)9-10(14)16-6-8(17-9)11-18-13(21-19-11)7-4-2-3-5-7/h6-7H,2-5H2,1H3,(H2,14,16)(H,15,20). The SMILES string of the molecule is CNC(=O)c1nc(-c2noc(C3CCCC3)n2)cnc1N. The summed E-state index contributed by atoms with van der Waals surface area (Å²) in [5, 5.41) is 6.39. The maximum absolute atomic E-state index is 11.7. The number of anilines is 1. The molecule has 1 saturated carbocycles. The predicted octanol–water partition coefficient (Wildman–Crippen LogP) is 1.13. The Hall–Kier alpha value is -2.51. The van der Waals surface area contributed by atoms with E-state index in [0.717, 1.165) is 12.8 Å². The Balaban J connectivity index is 1.91. The summed E-state index contributed by atoms with van der Waals surface area (Å²) in [6, 6.07) is 0. The average Bonchev–Trinajstić information content (AvgIpc) is 3.17. The fraction of sp³-hybridized carbons (Fsp3) is 0.462. The van der Waals surface area contributed by atoms with Gasteiger partial charge in [0.2, 0.25) is 11.7 Å². The van der Waals surface area contributed by atoms with Crippen molar-refractivity contribution < 1.29 is 9.32 Å². The molecule has 8 heteroatoms. The maximum Gasteiger partial charge on any atom is 0.273 e. The van der Waals surface area contributed by atoms with Gasteiger partial charge in [-0.2, -0.15) is 4.98 Å².